The average molecular weight is 398 g/mol. The van der Waals surface area contributed by atoms with E-state index in [1.807, 2.05) is 24.3 Å². The molecule has 7 heteroatoms. The molecular weight excluding hydrogens is 388 g/mol. The number of aromatic nitrogens is 2. The first-order valence-electron chi connectivity index (χ1n) is 5.97. The van der Waals surface area contributed by atoms with Crippen LogP contribution in [0.3, 0.4) is 0 Å². The maximum atomic E-state index is 12.4. The van der Waals surface area contributed by atoms with Gasteiger partial charge in [-0.1, -0.05) is 18.2 Å². The number of fused-ring (bicyclic) bond motifs is 1. The van der Waals surface area contributed by atoms with Crippen molar-refractivity contribution in [1.29, 1.82) is 0 Å². The predicted octanol–water partition coefficient (Wildman–Crippen LogP) is 3.15. The molecule has 102 valence electrons. The molecule has 1 aliphatic rings. The first-order valence-corrected chi connectivity index (χ1v) is 7.55. The minimum atomic E-state index is -0.219. The van der Waals surface area contributed by atoms with E-state index in [2.05, 4.69) is 52.5 Å². The van der Waals surface area contributed by atoms with E-state index in [0.717, 1.165) is 11.3 Å². The number of carbonyl (C=O) groups excluding carboxylic acids is 1. The van der Waals surface area contributed by atoms with Crippen molar-refractivity contribution in [1.82, 2.24) is 9.97 Å². The van der Waals surface area contributed by atoms with E-state index in [1.165, 1.54) is 0 Å². The third-order valence-corrected chi connectivity index (χ3v) is 4.03. The normalized spacial score (nSPS) is 16.4. The number of nitrogens with zero attached hydrogens (tertiary/aromatic N) is 2. The quantitative estimate of drug-likeness (QED) is 0.816. The number of halogens is 2. The zero-order valence-electron chi connectivity index (χ0n) is 10.2. The molecule has 2 N–H and O–H groups in total. The van der Waals surface area contributed by atoms with E-state index in [4.69, 9.17) is 0 Å². The van der Waals surface area contributed by atoms with Crippen molar-refractivity contribution in [3.8, 4) is 0 Å². The molecule has 3 rings (SSSR count). The lowest BCUT2D eigenvalue weighted by atomic mass is 10.0. The summed E-state index contributed by atoms with van der Waals surface area (Å²) in [4.78, 5) is 20.6. The lowest BCUT2D eigenvalue weighted by Crippen LogP contribution is -2.23. The summed E-state index contributed by atoms with van der Waals surface area (Å²) in [5, 5.41) is 6.02. The monoisotopic (exact) mass is 396 g/mol. The van der Waals surface area contributed by atoms with Crippen molar-refractivity contribution in [3.05, 3.63) is 45.2 Å². The molecule has 0 aliphatic carbocycles. The van der Waals surface area contributed by atoms with Gasteiger partial charge in [-0.15, -0.1) is 0 Å². The summed E-state index contributed by atoms with van der Waals surface area (Å²) in [6.45, 7) is 0.590. The van der Waals surface area contributed by atoms with Crippen molar-refractivity contribution in [2.45, 2.75) is 5.92 Å². The van der Waals surface area contributed by atoms with Crippen LogP contribution in [0.4, 0.5) is 11.5 Å². The molecule has 0 radical (unpaired) electrons. The number of nitrogens with one attached hydrogen (secondary N) is 2. The zero-order valence-corrected chi connectivity index (χ0v) is 13.4. The highest BCUT2D eigenvalue weighted by Crippen LogP contribution is 2.32. The minimum Gasteiger partial charge on any atom is -0.384 e. The van der Waals surface area contributed by atoms with Crippen LogP contribution in [0, 0.1) is 0 Å². The molecule has 1 aromatic heterocycles. The summed E-state index contributed by atoms with van der Waals surface area (Å²) in [6.07, 6.45) is 1.54. The van der Waals surface area contributed by atoms with E-state index in [-0.39, 0.29) is 11.8 Å². The van der Waals surface area contributed by atoms with Gasteiger partial charge in [-0.05, 0) is 43.5 Å². The van der Waals surface area contributed by atoms with Crippen molar-refractivity contribution in [3.63, 3.8) is 0 Å². The van der Waals surface area contributed by atoms with Gasteiger partial charge in [0.1, 0.15) is 9.21 Å². The Morgan fingerprint density at radius 1 is 1.35 bits per heavy atom. The van der Waals surface area contributed by atoms with Crippen molar-refractivity contribution in [2.75, 3.05) is 17.2 Å². The molecule has 1 atom stereocenters. The molecule has 5 nitrogen and oxygen atoms in total. The molecule has 0 saturated heterocycles. The molecule has 2 heterocycles. The Balaban J connectivity index is 1.81. The highest BCUT2D eigenvalue weighted by atomic mass is 79.9. The van der Waals surface area contributed by atoms with Gasteiger partial charge in [-0.25, -0.2) is 9.97 Å². The van der Waals surface area contributed by atoms with Gasteiger partial charge in [-0.2, -0.15) is 0 Å². The van der Waals surface area contributed by atoms with Crippen LogP contribution < -0.4 is 10.6 Å². The fraction of sp³-hybridized carbons (Fsp3) is 0.154. The fourth-order valence-corrected chi connectivity index (χ4v) is 3.06. The Kier molecular flexibility index (Phi) is 3.71. The molecule has 20 heavy (non-hydrogen) atoms. The Hall–Kier alpha value is -1.47. The highest BCUT2D eigenvalue weighted by molar-refractivity contribution is 9.11. The minimum absolute atomic E-state index is 0.0974. The molecule has 0 spiro atoms. The van der Waals surface area contributed by atoms with Gasteiger partial charge in [-0.3, -0.25) is 4.79 Å². The number of amides is 1. The number of hydrogen-bond donors (Lipinski definition) is 2. The Morgan fingerprint density at radius 2 is 2.15 bits per heavy atom. The molecule has 1 amide bonds. The second-order valence-electron chi connectivity index (χ2n) is 4.34. The highest BCUT2D eigenvalue weighted by Gasteiger charge is 2.28. The van der Waals surface area contributed by atoms with Crippen LogP contribution >= 0.6 is 31.9 Å². The Bertz CT molecular complexity index is 677. The van der Waals surface area contributed by atoms with Crippen molar-refractivity contribution in [2.24, 2.45) is 0 Å². The number of carbonyl (C=O) groups is 1. The van der Waals surface area contributed by atoms with Crippen LogP contribution in [0.15, 0.2) is 39.7 Å². The number of rotatable bonds is 2. The SMILES string of the molecule is O=C(Nc1ncc(Br)nc1Br)C1CNc2ccccc21. The molecule has 1 unspecified atom stereocenters. The third kappa shape index (κ3) is 2.55. The Morgan fingerprint density at radius 3 is 2.95 bits per heavy atom. The van der Waals surface area contributed by atoms with Gasteiger partial charge in [0.25, 0.3) is 0 Å². The van der Waals surface area contributed by atoms with E-state index < -0.39 is 0 Å². The lowest BCUT2D eigenvalue weighted by Gasteiger charge is -2.11. The smallest absolute Gasteiger partial charge is 0.235 e. The molecule has 1 aromatic carbocycles. The topological polar surface area (TPSA) is 66.9 Å². The van der Waals surface area contributed by atoms with Gasteiger partial charge in [0.15, 0.2) is 5.82 Å². The molecular formula is C13H10Br2N4O. The van der Waals surface area contributed by atoms with E-state index in [9.17, 15) is 4.79 Å². The summed E-state index contributed by atoms with van der Waals surface area (Å²) in [5.41, 5.74) is 2.01. The van der Waals surface area contributed by atoms with Gasteiger partial charge >= 0.3 is 0 Å². The van der Waals surface area contributed by atoms with Crippen LogP contribution in [-0.4, -0.2) is 22.4 Å². The first kappa shape index (κ1) is 13.5. The number of hydrogen-bond acceptors (Lipinski definition) is 4. The summed E-state index contributed by atoms with van der Waals surface area (Å²) >= 11 is 6.51. The van der Waals surface area contributed by atoms with Crippen LogP contribution in [0.1, 0.15) is 11.5 Å². The van der Waals surface area contributed by atoms with Gasteiger partial charge in [0, 0.05) is 12.2 Å². The first-order chi connectivity index (χ1) is 9.65. The number of anilines is 2. The summed E-state index contributed by atoms with van der Waals surface area (Å²) in [7, 11) is 0. The predicted molar refractivity (Wildman–Crippen MR) is 83.7 cm³/mol. The molecule has 0 fully saturated rings. The van der Waals surface area contributed by atoms with Gasteiger partial charge in [0.2, 0.25) is 5.91 Å². The van der Waals surface area contributed by atoms with Gasteiger partial charge < -0.3 is 10.6 Å². The lowest BCUT2D eigenvalue weighted by molar-refractivity contribution is -0.117. The molecule has 2 aromatic rings. The second-order valence-corrected chi connectivity index (χ2v) is 5.91. The second kappa shape index (κ2) is 5.49. The number of para-hydroxylation sites is 1. The van der Waals surface area contributed by atoms with Crippen LogP contribution in [0.2, 0.25) is 0 Å². The molecule has 0 bridgehead atoms. The van der Waals surface area contributed by atoms with Gasteiger partial charge in [0.05, 0.1) is 12.1 Å². The van der Waals surface area contributed by atoms with Crippen LogP contribution in [0.5, 0.6) is 0 Å². The maximum Gasteiger partial charge on any atom is 0.235 e. The van der Waals surface area contributed by atoms with Crippen LogP contribution in [0.25, 0.3) is 0 Å². The number of benzene rings is 1. The summed E-state index contributed by atoms with van der Waals surface area (Å²) < 4.78 is 1.11. The van der Waals surface area contributed by atoms with E-state index >= 15 is 0 Å². The molecule has 1 aliphatic heterocycles. The molecule has 0 saturated carbocycles. The van der Waals surface area contributed by atoms with Crippen molar-refractivity contribution < 1.29 is 4.79 Å². The fourth-order valence-electron chi connectivity index (χ4n) is 2.15. The average Bonchev–Trinajstić information content (AvgIpc) is 2.86. The summed E-state index contributed by atoms with van der Waals surface area (Å²) in [6, 6.07) is 7.81. The zero-order chi connectivity index (χ0) is 14.1. The standard InChI is InChI=1S/C13H10Br2N4O/c14-10-6-17-12(11(15)18-10)19-13(20)8-5-16-9-4-2-1-3-7(8)9/h1-4,6,8,16H,5H2,(H,17,19,20). The van der Waals surface area contributed by atoms with Crippen molar-refractivity contribution >= 4 is 49.3 Å². The maximum absolute atomic E-state index is 12.4. The van der Waals surface area contributed by atoms with E-state index in [1.54, 1.807) is 6.20 Å². The third-order valence-electron chi connectivity index (χ3n) is 3.09. The van der Waals surface area contributed by atoms with Crippen LogP contribution in [-0.2, 0) is 4.79 Å². The largest absolute Gasteiger partial charge is 0.384 e. The Labute approximate surface area is 132 Å². The summed E-state index contributed by atoms with van der Waals surface area (Å²) in [5.74, 6) is 0.103. The van der Waals surface area contributed by atoms with E-state index in [0.29, 0.717) is 21.6 Å².